The molecule has 0 saturated carbocycles. The highest BCUT2D eigenvalue weighted by Crippen LogP contribution is 2.32. The lowest BCUT2D eigenvalue weighted by molar-refractivity contribution is 0.0279. The van der Waals surface area contributed by atoms with E-state index in [2.05, 4.69) is 22.1 Å². The molecule has 0 aliphatic heterocycles. The lowest BCUT2D eigenvalue weighted by Gasteiger charge is -2.26. The Kier molecular flexibility index (Phi) is 7.29. The maximum Gasteiger partial charge on any atom is 0.255 e. The van der Waals surface area contributed by atoms with Crippen LogP contribution in [0.15, 0.2) is 23.0 Å². The first-order valence-corrected chi connectivity index (χ1v) is 9.82. The van der Waals surface area contributed by atoms with Gasteiger partial charge in [0, 0.05) is 17.0 Å². The summed E-state index contributed by atoms with van der Waals surface area (Å²) < 4.78 is 0. The van der Waals surface area contributed by atoms with Crippen LogP contribution >= 0.6 is 0 Å². The molecule has 8 N–H and O–H groups in total. The van der Waals surface area contributed by atoms with Gasteiger partial charge in [0.05, 0.1) is 23.3 Å². The standard InChI is InChI=1S/C22H27N3O8/c1-21(2,11-22(3,4)31)6-5-12-7-13(18(28)15(8-12)25(32)33)19(29)23-10-14-16(26)9-17(27)24-20(14)30/h7-9,28,31-33H,10-11H2,1-4H3,(H,23,29)(H3,24,26,27,30). The van der Waals surface area contributed by atoms with Crippen LogP contribution in [0, 0.1) is 17.3 Å². The third-order valence-electron chi connectivity index (χ3n) is 4.50. The maximum absolute atomic E-state index is 12.7. The van der Waals surface area contributed by atoms with Crippen LogP contribution in [0.3, 0.4) is 0 Å². The van der Waals surface area contributed by atoms with Gasteiger partial charge in [0.25, 0.3) is 11.5 Å². The number of aromatic amines is 1. The zero-order chi connectivity index (χ0) is 25.1. The molecule has 0 spiro atoms. The molecule has 1 heterocycles. The highest BCUT2D eigenvalue weighted by atomic mass is 16.8. The van der Waals surface area contributed by atoms with Crippen LogP contribution in [0.25, 0.3) is 0 Å². The van der Waals surface area contributed by atoms with Crippen molar-refractivity contribution in [1.29, 1.82) is 0 Å². The number of aromatic nitrogens is 1. The predicted molar refractivity (Wildman–Crippen MR) is 117 cm³/mol. The quantitative estimate of drug-likeness (QED) is 0.233. The molecule has 178 valence electrons. The Morgan fingerprint density at radius 2 is 1.76 bits per heavy atom. The van der Waals surface area contributed by atoms with Crippen molar-refractivity contribution >= 4 is 11.6 Å². The normalized spacial score (nSPS) is 11.5. The summed E-state index contributed by atoms with van der Waals surface area (Å²) in [6.45, 7) is 6.48. The van der Waals surface area contributed by atoms with Crippen molar-refractivity contribution in [3.8, 4) is 29.2 Å². The van der Waals surface area contributed by atoms with Crippen LogP contribution in [0.4, 0.5) is 5.69 Å². The van der Waals surface area contributed by atoms with E-state index in [1.807, 2.05) is 0 Å². The minimum absolute atomic E-state index is 0.166. The van der Waals surface area contributed by atoms with Crippen LogP contribution < -0.4 is 16.1 Å². The van der Waals surface area contributed by atoms with Crippen molar-refractivity contribution in [2.45, 2.75) is 46.3 Å². The largest absolute Gasteiger partial charge is 0.507 e. The Labute approximate surface area is 189 Å². The maximum atomic E-state index is 12.7. The molecule has 2 rings (SSSR count). The molecule has 0 aliphatic rings. The van der Waals surface area contributed by atoms with E-state index in [-0.39, 0.29) is 21.9 Å². The van der Waals surface area contributed by atoms with Gasteiger partial charge in [0.2, 0.25) is 0 Å². The lowest BCUT2D eigenvalue weighted by atomic mass is 9.82. The molecule has 0 radical (unpaired) electrons. The van der Waals surface area contributed by atoms with Gasteiger partial charge in [-0.05, 0) is 46.2 Å². The predicted octanol–water partition coefficient (Wildman–Crippen LogP) is 1.55. The third-order valence-corrected chi connectivity index (χ3v) is 4.50. The smallest absolute Gasteiger partial charge is 0.255 e. The number of amides is 1. The topological polar surface area (TPSA) is 187 Å². The number of H-pyrrole nitrogens is 1. The van der Waals surface area contributed by atoms with Gasteiger partial charge in [0.1, 0.15) is 11.4 Å². The second-order valence-electron chi connectivity index (χ2n) is 8.83. The van der Waals surface area contributed by atoms with Gasteiger partial charge in [-0.25, -0.2) is 0 Å². The Morgan fingerprint density at radius 3 is 2.30 bits per heavy atom. The Bertz CT molecular complexity index is 1140. The summed E-state index contributed by atoms with van der Waals surface area (Å²) in [7, 11) is 0. The fourth-order valence-corrected chi connectivity index (χ4v) is 3.38. The molecule has 0 fully saturated rings. The lowest BCUT2D eigenvalue weighted by Crippen LogP contribution is -2.27. The number of aromatic hydroxyl groups is 3. The summed E-state index contributed by atoms with van der Waals surface area (Å²) in [5.41, 5.74) is -3.23. The fourth-order valence-electron chi connectivity index (χ4n) is 3.38. The second kappa shape index (κ2) is 9.41. The highest BCUT2D eigenvalue weighted by molar-refractivity contribution is 5.99. The summed E-state index contributed by atoms with van der Waals surface area (Å²) in [4.78, 5) is 26.0. The molecular formula is C22H27N3O8. The molecule has 0 atom stereocenters. The number of carbonyl (C=O) groups is 1. The molecule has 1 aromatic heterocycles. The Morgan fingerprint density at radius 1 is 1.12 bits per heavy atom. The summed E-state index contributed by atoms with van der Waals surface area (Å²) >= 11 is 0. The molecule has 11 nitrogen and oxygen atoms in total. The molecular weight excluding hydrogens is 434 g/mol. The van der Waals surface area contributed by atoms with Crippen molar-refractivity contribution in [1.82, 2.24) is 10.3 Å². The number of hydrogen-bond donors (Lipinski definition) is 8. The molecule has 0 bridgehead atoms. The van der Waals surface area contributed by atoms with Gasteiger partial charge in [-0.2, -0.15) is 0 Å². The van der Waals surface area contributed by atoms with E-state index in [0.717, 1.165) is 12.1 Å². The second-order valence-corrected chi connectivity index (χ2v) is 8.83. The van der Waals surface area contributed by atoms with E-state index < -0.39 is 52.1 Å². The first-order chi connectivity index (χ1) is 15.1. The van der Waals surface area contributed by atoms with Crippen molar-refractivity contribution in [3.05, 3.63) is 45.2 Å². The average molecular weight is 461 g/mol. The van der Waals surface area contributed by atoms with Gasteiger partial charge in [0.15, 0.2) is 11.6 Å². The van der Waals surface area contributed by atoms with E-state index in [1.54, 1.807) is 27.7 Å². The van der Waals surface area contributed by atoms with Gasteiger partial charge in [-0.3, -0.25) is 25.0 Å². The highest BCUT2D eigenvalue weighted by Gasteiger charge is 2.25. The number of nitrogens with zero attached hydrogens (tertiary/aromatic N) is 1. The number of aliphatic hydroxyl groups is 1. The van der Waals surface area contributed by atoms with E-state index in [1.165, 1.54) is 6.07 Å². The molecule has 33 heavy (non-hydrogen) atoms. The summed E-state index contributed by atoms with van der Waals surface area (Å²) in [6.07, 6.45) is 0.337. The van der Waals surface area contributed by atoms with E-state index in [9.17, 15) is 40.4 Å². The zero-order valence-corrected chi connectivity index (χ0v) is 18.6. The molecule has 1 aromatic carbocycles. The van der Waals surface area contributed by atoms with E-state index in [0.29, 0.717) is 6.42 Å². The number of rotatable bonds is 6. The fraction of sp³-hybridized carbons (Fsp3) is 0.364. The number of nitrogens with one attached hydrogen (secondary N) is 2. The summed E-state index contributed by atoms with van der Waals surface area (Å²) in [5.74, 6) is 2.92. The SMILES string of the molecule is CC(C)(O)CC(C)(C)C#Cc1cc(C(=O)NCc2c(O)cc(=O)[nH]c2O)c(O)c(N(O)O)c1. The molecule has 0 unspecified atom stereocenters. The Hall–Kier alpha value is -3.72. The molecule has 2 aromatic rings. The number of hydrogen-bond acceptors (Lipinski definition) is 9. The zero-order valence-electron chi connectivity index (χ0n) is 18.6. The van der Waals surface area contributed by atoms with Gasteiger partial charge in [-0.15, -0.1) is 5.23 Å². The van der Waals surface area contributed by atoms with Crippen molar-refractivity contribution in [3.63, 3.8) is 0 Å². The number of phenols is 1. The third kappa shape index (κ3) is 6.88. The number of benzene rings is 1. The van der Waals surface area contributed by atoms with Crippen molar-refractivity contribution in [2.24, 2.45) is 5.41 Å². The van der Waals surface area contributed by atoms with Crippen LogP contribution in [0.1, 0.15) is 55.6 Å². The molecule has 0 aliphatic carbocycles. The van der Waals surface area contributed by atoms with Crippen LogP contribution in [0.2, 0.25) is 0 Å². The monoisotopic (exact) mass is 461 g/mol. The van der Waals surface area contributed by atoms with Crippen molar-refractivity contribution < 1.29 is 35.6 Å². The molecule has 1 amide bonds. The number of carbonyl (C=O) groups excluding carboxylic acids is 1. The van der Waals surface area contributed by atoms with E-state index >= 15 is 0 Å². The minimum Gasteiger partial charge on any atom is -0.507 e. The van der Waals surface area contributed by atoms with Crippen molar-refractivity contribution in [2.75, 3.05) is 5.23 Å². The number of phenolic OH excluding ortho intramolecular Hbond substituents is 1. The van der Waals surface area contributed by atoms with Gasteiger partial charge >= 0.3 is 0 Å². The number of pyridine rings is 1. The molecule has 11 heteroatoms. The first-order valence-electron chi connectivity index (χ1n) is 9.82. The van der Waals surface area contributed by atoms with Crippen LogP contribution in [-0.4, -0.2) is 47.3 Å². The molecule has 0 saturated heterocycles. The summed E-state index contributed by atoms with van der Waals surface area (Å²) in [5, 5.41) is 60.8. The minimum atomic E-state index is -0.977. The first kappa shape index (κ1) is 25.5. The van der Waals surface area contributed by atoms with Gasteiger partial charge < -0.3 is 25.7 Å². The Balaban J connectivity index is 2.39. The number of anilines is 1. The van der Waals surface area contributed by atoms with Gasteiger partial charge in [-0.1, -0.05) is 11.8 Å². The van der Waals surface area contributed by atoms with Crippen LogP contribution in [-0.2, 0) is 6.54 Å². The van der Waals surface area contributed by atoms with E-state index in [4.69, 9.17) is 0 Å². The summed E-state index contributed by atoms with van der Waals surface area (Å²) in [6, 6.07) is 3.19. The van der Waals surface area contributed by atoms with Crippen LogP contribution in [0.5, 0.6) is 17.4 Å². The average Bonchev–Trinajstić information content (AvgIpc) is 2.64.